The van der Waals surface area contributed by atoms with Gasteiger partial charge in [-0.2, -0.15) is 0 Å². The molecule has 3 nitrogen and oxygen atoms in total. The van der Waals surface area contributed by atoms with Gasteiger partial charge in [0.05, 0.1) is 15.5 Å². The summed E-state index contributed by atoms with van der Waals surface area (Å²) in [5.41, 5.74) is 1.59. The average molecular weight is 298 g/mol. The van der Waals surface area contributed by atoms with Crippen molar-refractivity contribution >= 4 is 27.0 Å². The van der Waals surface area contributed by atoms with E-state index in [2.05, 4.69) is 31.2 Å². The van der Waals surface area contributed by atoms with Gasteiger partial charge < -0.3 is 10.3 Å². The molecule has 90 valence electrons. The number of nitrogens with zero attached hydrogens (tertiary/aromatic N) is 1. The molecule has 0 amide bonds. The van der Waals surface area contributed by atoms with Crippen LogP contribution in [0, 0.1) is 11.7 Å². The van der Waals surface area contributed by atoms with Crippen LogP contribution in [0.2, 0.25) is 0 Å². The lowest BCUT2D eigenvalue weighted by atomic mass is 10.1. The Bertz CT molecular complexity index is 507. The fourth-order valence-electron chi connectivity index (χ4n) is 2.32. The van der Waals surface area contributed by atoms with Gasteiger partial charge in [-0.15, -0.1) is 0 Å². The summed E-state index contributed by atoms with van der Waals surface area (Å²) in [6, 6.07) is 3.21. The Morgan fingerprint density at radius 3 is 3.12 bits per heavy atom. The monoisotopic (exact) mass is 297 g/mol. The molecule has 0 radical (unpaired) electrons. The largest absolute Gasteiger partial charge is 0.342 e. The third-order valence-corrected chi connectivity index (χ3v) is 3.83. The molecule has 1 aromatic heterocycles. The molecule has 2 aromatic rings. The lowest BCUT2D eigenvalue weighted by Crippen LogP contribution is -2.11. The number of H-pyrrole nitrogens is 1. The topological polar surface area (TPSA) is 40.7 Å². The minimum atomic E-state index is -0.254. The van der Waals surface area contributed by atoms with Crippen molar-refractivity contribution in [3.63, 3.8) is 0 Å². The molecule has 1 atom stereocenters. The summed E-state index contributed by atoms with van der Waals surface area (Å²) in [7, 11) is 0. The molecule has 1 unspecified atom stereocenters. The van der Waals surface area contributed by atoms with Crippen LogP contribution in [0.15, 0.2) is 16.6 Å². The van der Waals surface area contributed by atoms with E-state index in [0.29, 0.717) is 10.4 Å². The molecule has 5 heteroatoms. The predicted octanol–water partition coefficient (Wildman–Crippen LogP) is 2.62. The first-order valence-electron chi connectivity index (χ1n) is 5.77. The summed E-state index contributed by atoms with van der Waals surface area (Å²) in [6.45, 7) is 2.14. The predicted molar refractivity (Wildman–Crippen MR) is 68.4 cm³/mol. The third-order valence-electron chi connectivity index (χ3n) is 3.22. The second kappa shape index (κ2) is 4.38. The first-order valence-corrected chi connectivity index (χ1v) is 6.56. The van der Waals surface area contributed by atoms with Gasteiger partial charge in [0.25, 0.3) is 0 Å². The van der Waals surface area contributed by atoms with Gasteiger partial charge in [0.1, 0.15) is 11.6 Å². The molecule has 2 N–H and O–H groups in total. The highest BCUT2D eigenvalue weighted by Crippen LogP contribution is 2.23. The zero-order chi connectivity index (χ0) is 11.8. The van der Waals surface area contributed by atoms with Crippen LogP contribution in [0.3, 0.4) is 0 Å². The van der Waals surface area contributed by atoms with Crippen molar-refractivity contribution in [2.75, 3.05) is 13.1 Å². The zero-order valence-electron chi connectivity index (χ0n) is 9.26. The highest BCUT2D eigenvalue weighted by atomic mass is 79.9. The van der Waals surface area contributed by atoms with E-state index in [4.69, 9.17) is 0 Å². The second-order valence-corrected chi connectivity index (χ2v) is 5.38. The molecule has 0 saturated carbocycles. The van der Waals surface area contributed by atoms with Crippen molar-refractivity contribution in [2.45, 2.75) is 12.8 Å². The Labute approximate surface area is 107 Å². The first-order chi connectivity index (χ1) is 8.22. The fourth-order valence-corrected chi connectivity index (χ4v) is 2.65. The van der Waals surface area contributed by atoms with E-state index in [0.717, 1.165) is 36.4 Å². The Morgan fingerprint density at radius 2 is 2.35 bits per heavy atom. The highest BCUT2D eigenvalue weighted by Gasteiger charge is 2.17. The lowest BCUT2D eigenvalue weighted by Gasteiger charge is -2.03. The summed E-state index contributed by atoms with van der Waals surface area (Å²) < 4.78 is 13.8. The van der Waals surface area contributed by atoms with E-state index in [1.54, 1.807) is 6.07 Å². The van der Waals surface area contributed by atoms with E-state index in [1.165, 1.54) is 12.5 Å². The van der Waals surface area contributed by atoms with Crippen LogP contribution in [0.25, 0.3) is 11.0 Å². The van der Waals surface area contributed by atoms with Crippen molar-refractivity contribution in [3.8, 4) is 0 Å². The van der Waals surface area contributed by atoms with Gasteiger partial charge in [-0.25, -0.2) is 9.37 Å². The molecular weight excluding hydrogens is 285 g/mol. The summed E-state index contributed by atoms with van der Waals surface area (Å²) in [6.07, 6.45) is 2.12. The molecule has 3 rings (SSSR count). The van der Waals surface area contributed by atoms with Crippen LogP contribution in [0.5, 0.6) is 0 Å². The summed E-state index contributed by atoms with van der Waals surface area (Å²) in [5.74, 6) is 1.34. The molecule has 2 heterocycles. The van der Waals surface area contributed by atoms with Crippen molar-refractivity contribution in [3.05, 3.63) is 28.2 Å². The molecule has 0 spiro atoms. The third kappa shape index (κ3) is 2.21. The van der Waals surface area contributed by atoms with Gasteiger partial charge in [-0.1, -0.05) is 0 Å². The van der Waals surface area contributed by atoms with E-state index in [-0.39, 0.29) is 5.82 Å². The van der Waals surface area contributed by atoms with Crippen molar-refractivity contribution in [1.29, 1.82) is 0 Å². The zero-order valence-corrected chi connectivity index (χ0v) is 10.8. The SMILES string of the molecule is Fc1cc2[nH]c(CC3CCNC3)nc2cc1Br. The number of benzene rings is 1. The molecule has 1 aromatic carbocycles. The number of fused-ring (bicyclic) bond motifs is 1. The van der Waals surface area contributed by atoms with Crippen molar-refractivity contribution < 1.29 is 4.39 Å². The maximum absolute atomic E-state index is 13.4. The number of hydrogen-bond donors (Lipinski definition) is 2. The minimum absolute atomic E-state index is 0.254. The van der Waals surface area contributed by atoms with Crippen molar-refractivity contribution in [1.82, 2.24) is 15.3 Å². The van der Waals surface area contributed by atoms with Crippen LogP contribution in [0.4, 0.5) is 4.39 Å². The maximum atomic E-state index is 13.4. The minimum Gasteiger partial charge on any atom is -0.342 e. The quantitative estimate of drug-likeness (QED) is 0.895. The molecule has 17 heavy (non-hydrogen) atoms. The van der Waals surface area contributed by atoms with Crippen LogP contribution < -0.4 is 5.32 Å². The molecule has 1 fully saturated rings. The number of hydrogen-bond acceptors (Lipinski definition) is 2. The molecule has 1 aliphatic heterocycles. The highest BCUT2D eigenvalue weighted by molar-refractivity contribution is 9.10. The number of nitrogens with one attached hydrogen (secondary N) is 2. The number of halogens is 2. The Kier molecular flexibility index (Phi) is 2.88. The van der Waals surface area contributed by atoms with Crippen LogP contribution in [0.1, 0.15) is 12.2 Å². The van der Waals surface area contributed by atoms with Gasteiger partial charge in [0.2, 0.25) is 0 Å². The van der Waals surface area contributed by atoms with Gasteiger partial charge in [0.15, 0.2) is 0 Å². The maximum Gasteiger partial charge on any atom is 0.139 e. The molecule has 1 saturated heterocycles. The van der Waals surface area contributed by atoms with Gasteiger partial charge in [0, 0.05) is 12.5 Å². The Morgan fingerprint density at radius 1 is 1.47 bits per heavy atom. The summed E-state index contributed by atoms with van der Waals surface area (Å²) in [4.78, 5) is 7.69. The van der Waals surface area contributed by atoms with Crippen LogP contribution in [-0.4, -0.2) is 23.1 Å². The number of aromatic nitrogens is 2. The Hall–Kier alpha value is -0.940. The summed E-state index contributed by atoms with van der Waals surface area (Å²) >= 11 is 3.17. The number of aromatic amines is 1. The van der Waals surface area contributed by atoms with E-state index >= 15 is 0 Å². The standard InChI is InChI=1S/C12H13BrFN3/c13-8-4-10-11(5-9(8)14)17-12(16-10)3-7-1-2-15-6-7/h4-5,7,15H,1-3,6H2,(H,16,17). The molecule has 0 bridgehead atoms. The molecular formula is C12H13BrFN3. The van der Waals surface area contributed by atoms with Crippen LogP contribution >= 0.6 is 15.9 Å². The molecule has 1 aliphatic rings. The lowest BCUT2D eigenvalue weighted by molar-refractivity contribution is 0.565. The summed E-state index contributed by atoms with van der Waals surface area (Å²) in [5, 5.41) is 3.34. The fraction of sp³-hybridized carbons (Fsp3) is 0.417. The van der Waals surface area contributed by atoms with Gasteiger partial charge in [-0.05, 0) is 47.4 Å². The Balaban J connectivity index is 1.90. The first kappa shape index (κ1) is 11.2. The van der Waals surface area contributed by atoms with Crippen LogP contribution in [-0.2, 0) is 6.42 Å². The van der Waals surface area contributed by atoms with E-state index in [1.807, 2.05) is 0 Å². The smallest absolute Gasteiger partial charge is 0.139 e. The molecule has 0 aliphatic carbocycles. The van der Waals surface area contributed by atoms with Gasteiger partial charge >= 0.3 is 0 Å². The second-order valence-electron chi connectivity index (χ2n) is 4.53. The van der Waals surface area contributed by atoms with E-state index < -0.39 is 0 Å². The average Bonchev–Trinajstić information content (AvgIpc) is 2.89. The number of imidazole rings is 1. The van der Waals surface area contributed by atoms with Crippen molar-refractivity contribution in [2.24, 2.45) is 5.92 Å². The van der Waals surface area contributed by atoms with Gasteiger partial charge in [-0.3, -0.25) is 0 Å². The van der Waals surface area contributed by atoms with E-state index in [9.17, 15) is 4.39 Å². The normalized spacial score (nSPS) is 20.2. The number of rotatable bonds is 2.